The van der Waals surface area contributed by atoms with Crippen LogP contribution in [0, 0.1) is 11.3 Å². The molecule has 0 fully saturated rings. The number of nitriles is 1. The number of benzene rings is 1. The molecule has 0 spiro atoms. The van der Waals surface area contributed by atoms with Gasteiger partial charge in [-0.1, -0.05) is 11.2 Å². The first-order valence-electron chi connectivity index (χ1n) is 5.70. The molecule has 19 heavy (non-hydrogen) atoms. The molecule has 0 radical (unpaired) electrons. The Balaban J connectivity index is 2.62. The molecule has 7 heteroatoms. The van der Waals surface area contributed by atoms with Gasteiger partial charge in [0.05, 0.1) is 17.7 Å². The predicted octanol–water partition coefficient (Wildman–Crippen LogP) is 3.31. The third kappa shape index (κ3) is 4.79. The van der Waals surface area contributed by atoms with E-state index in [4.69, 9.17) is 15.5 Å². The Labute approximate surface area is 120 Å². The van der Waals surface area contributed by atoms with Gasteiger partial charge in [0.1, 0.15) is 11.8 Å². The summed E-state index contributed by atoms with van der Waals surface area (Å²) in [7, 11) is 1.59. The Morgan fingerprint density at radius 3 is 3.00 bits per heavy atom. The molecule has 0 bridgehead atoms. The molecular formula is C12H14BrN5O. The molecule has 1 unspecified atom stereocenters. The van der Waals surface area contributed by atoms with Crippen LogP contribution in [0.5, 0.6) is 5.75 Å². The number of halogens is 1. The monoisotopic (exact) mass is 323 g/mol. The van der Waals surface area contributed by atoms with E-state index in [0.29, 0.717) is 19.5 Å². The van der Waals surface area contributed by atoms with Gasteiger partial charge >= 0.3 is 0 Å². The van der Waals surface area contributed by atoms with E-state index in [1.54, 1.807) is 7.11 Å². The molecule has 0 aliphatic heterocycles. The average Bonchev–Trinajstić information content (AvgIpc) is 2.43. The van der Waals surface area contributed by atoms with Gasteiger partial charge in [0, 0.05) is 11.5 Å². The molecule has 0 saturated carbocycles. The lowest BCUT2D eigenvalue weighted by Crippen LogP contribution is -2.21. The van der Waals surface area contributed by atoms with Crippen LogP contribution in [0.15, 0.2) is 27.8 Å². The van der Waals surface area contributed by atoms with Gasteiger partial charge in [0.25, 0.3) is 0 Å². The molecular weight excluding hydrogens is 310 g/mol. The van der Waals surface area contributed by atoms with Crippen LogP contribution in [-0.2, 0) is 0 Å². The first-order valence-corrected chi connectivity index (χ1v) is 6.49. The van der Waals surface area contributed by atoms with E-state index in [0.717, 1.165) is 15.8 Å². The zero-order valence-electron chi connectivity index (χ0n) is 10.5. The minimum Gasteiger partial charge on any atom is -0.496 e. The Kier molecular flexibility index (Phi) is 6.75. The van der Waals surface area contributed by atoms with E-state index >= 15 is 0 Å². The van der Waals surface area contributed by atoms with E-state index < -0.39 is 6.04 Å². The second kappa shape index (κ2) is 8.38. The number of nitrogens with one attached hydrogen (secondary N) is 1. The van der Waals surface area contributed by atoms with Gasteiger partial charge < -0.3 is 4.74 Å². The molecule has 0 heterocycles. The number of methoxy groups -OCH3 is 1. The molecule has 0 aliphatic carbocycles. The Hall–Kier alpha value is -1.74. The van der Waals surface area contributed by atoms with Crippen molar-refractivity contribution < 1.29 is 4.74 Å². The van der Waals surface area contributed by atoms with Gasteiger partial charge in [0.2, 0.25) is 0 Å². The van der Waals surface area contributed by atoms with E-state index in [2.05, 4.69) is 37.3 Å². The summed E-state index contributed by atoms with van der Waals surface area (Å²) >= 11 is 3.39. The van der Waals surface area contributed by atoms with Crippen LogP contribution in [0.25, 0.3) is 10.4 Å². The summed E-state index contributed by atoms with van der Waals surface area (Å²) in [6.45, 7) is 1.04. The van der Waals surface area contributed by atoms with Gasteiger partial charge in [-0.3, -0.25) is 5.32 Å². The first kappa shape index (κ1) is 15.3. The second-order valence-electron chi connectivity index (χ2n) is 3.72. The van der Waals surface area contributed by atoms with Crippen LogP contribution >= 0.6 is 15.9 Å². The van der Waals surface area contributed by atoms with Gasteiger partial charge in [-0.05, 0) is 52.1 Å². The highest BCUT2D eigenvalue weighted by Gasteiger charge is 2.11. The zero-order chi connectivity index (χ0) is 14.1. The molecule has 1 aromatic carbocycles. The highest BCUT2D eigenvalue weighted by Crippen LogP contribution is 2.27. The average molecular weight is 324 g/mol. The minimum absolute atomic E-state index is 0.395. The molecule has 1 atom stereocenters. The van der Waals surface area contributed by atoms with E-state index in [9.17, 15) is 0 Å². The summed E-state index contributed by atoms with van der Waals surface area (Å²) in [5.74, 6) is 0.726. The van der Waals surface area contributed by atoms with Crippen molar-refractivity contribution in [1.29, 1.82) is 5.26 Å². The number of ether oxygens (including phenoxy) is 1. The van der Waals surface area contributed by atoms with E-state index in [1.165, 1.54) is 0 Å². The van der Waals surface area contributed by atoms with Gasteiger partial charge in [0.15, 0.2) is 0 Å². The number of rotatable bonds is 7. The quantitative estimate of drug-likeness (QED) is 0.361. The summed E-state index contributed by atoms with van der Waals surface area (Å²) in [5, 5.41) is 15.7. The molecule has 100 valence electrons. The summed E-state index contributed by atoms with van der Waals surface area (Å²) < 4.78 is 5.95. The van der Waals surface area contributed by atoms with Crippen LogP contribution in [0.3, 0.4) is 0 Å². The van der Waals surface area contributed by atoms with Crippen molar-refractivity contribution >= 4 is 15.9 Å². The van der Waals surface area contributed by atoms with Crippen molar-refractivity contribution in [2.24, 2.45) is 5.11 Å². The Morgan fingerprint density at radius 1 is 1.63 bits per heavy atom. The fourth-order valence-corrected chi connectivity index (χ4v) is 2.10. The zero-order valence-corrected chi connectivity index (χ0v) is 12.1. The first-order chi connectivity index (χ1) is 9.22. The van der Waals surface area contributed by atoms with Crippen LogP contribution < -0.4 is 10.1 Å². The van der Waals surface area contributed by atoms with Crippen LogP contribution in [0.1, 0.15) is 18.0 Å². The highest BCUT2D eigenvalue weighted by atomic mass is 79.9. The van der Waals surface area contributed by atoms with Crippen molar-refractivity contribution in [1.82, 2.24) is 5.32 Å². The minimum atomic E-state index is -0.395. The number of azide groups is 1. The maximum absolute atomic E-state index is 9.16. The molecule has 1 rings (SSSR count). The van der Waals surface area contributed by atoms with Gasteiger partial charge in [-0.15, -0.1) is 0 Å². The summed E-state index contributed by atoms with van der Waals surface area (Å²) in [6, 6.07) is 7.31. The van der Waals surface area contributed by atoms with Gasteiger partial charge in [-0.25, -0.2) is 0 Å². The molecule has 0 aliphatic rings. The van der Waals surface area contributed by atoms with E-state index in [-0.39, 0.29) is 0 Å². The van der Waals surface area contributed by atoms with Crippen molar-refractivity contribution in [2.75, 3.05) is 20.2 Å². The predicted molar refractivity (Wildman–Crippen MR) is 75.7 cm³/mol. The van der Waals surface area contributed by atoms with Crippen molar-refractivity contribution in [3.63, 3.8) is 0 Å². The number of hydrogen-bond donors (Lipinski definition) is 1. The molecule has 6 nitrogen and oxygen atoms in total. The molecule has 1 aromatic rings. The largest absolute Gasteiger partial charge is 0.496 e. The topological polar surface area (TPSA) is 93.8 Å². The number of hydrogen-bond acceptors (Lipinski definition) is 4. The fourth-order valence-electron chi connectivity index (χ4n) is 1.54. The van der Waals surface area contributed by atoms with Crippen LogP contribution in [-0.4, -0.2) is 20.2 Å². The highest BCUT2D eigenvalue weighted by molar-refractivity contribution is 9.10. The van der Waals surface area contributed by atoms with Crippen LogP contribution in [0.2, 0.25) is 0 Å². The van der Waals surface area contributed by atoms with Crippen molar-refractivity contribution in [3.8, 4) is 11.8 Å². The summed E-state index contributed by atoms with van der Waals surface area (Å²) in [4.78, 5) is 2.67. The lowest BCUT2D eigenvalue weighted by molar-refractivity contribution is 0.412. The SMILES string of the molecule is COc1ccc(C(C#N)NCCCN=[N+]=[N-])cc1Br. The Bertz CT molecular complexity index is 507. The normalized spacial score (nSPS) is 11.2. The van der Waals surface area contributed by atoms with Gasteiger partial charge in [-0.2, -0.15) is 5.26 Å². The molecule has 0 aromatic heterocycles. The second-order valence-corrected chi connectivity index (χ2v) is 4.57. The molecule has 1 N–H and O–H groups in total. The smallest absolute Gasteiger partial charge is 0.133 e. The number of nitrogens with zero attached hydrogens (tertiary/aromatic N) is 4. The van der Waals surface area contributed by atoms with Crippen LogP contribution in [0.4, 0.5) is 0 Å². The summed E-state index contributed by atoms with van der Waals surface area (Å²) in [6.07, 6.45) is 0.694. The molecule has 0 saturated heterocycles. The lowest BCUT2D eigenvalue weighted by Gasteiger charge is -2.13. The standard InChI is InChI=1S/C12H14BrN5O/c1-19-12-4-3-9(7-10(12)13)11(8-14)16-5-2-6-17-18-15/h3-4,7,11,16H,2,5-6H2,1H3. The van der Waals surface area contributed by atoms with E-state index in [1.807, 2.05) is 18.2 Å². The summed E-state index contributed by atoms with van der Waals surface area (Å²) in [5.41, 5.74) is 9.01. The lowest BCUT2D eigenvalue weighted by atomic mass is 10.1. The third-order valence-corrected chi connectivity index (χ3v) is 3.10. The fraction of sp³-hybridized carbons (Fsp3) is 0.417. The Morgan fingerprint density at radius 2 is 2.42 bits per heavy atom. The maximum Gasteiger partial charge on any atom is 0.133 e. The third-order valence-electron chi connectivity index (χ3n) is 2.48. The van der Waals surface area contributed by atoms with Crippen molar-refractivity contribution in [2.45, 2.75) is 12.5 Å². The van der Waals surface area contributed by atoms with Crippen molar-refractivity contribution in [3.05, 3.63) is 38.7 Å². The molecule has 0 amide bonds. The maximum atomic E-state index is 9.16.